The largest absolute Gasteiger partial charge is 0.274 e. The van der Waals surface area contributed by atoms with Gasteiger partial charge in [-0.25, -0.2) is 4.39 Å². The third-order valence-corrected chi connectivity index (χ3v) is 4.84. The summed E-state index contributed by atoms with van der Waals surface area (Å²) in [5.41, 5.74) is 0.482. The molecule has 2 fully saturated rings. The van der Waals surface area contributed by atoms with Crippen molar-refractivity contribution in [1.29, 1.82) is 0 Å². The topological polar surface area (TPSA) is 37.4 Å². The van der Waals surface area contributed by atoms with Crippen LogP contribution in [0, 0.1) is 29.5 Å². The number of amides is 2. The molecule has 4 atom stereocenters. The first-order valence-electron chi connectivity index (χ1n) is 6.98. The van der Waals surface area contributed by atoms with Crippen LogP contribution in [0.5, 0.6) is 0 Å². The Labute approximate surface area is 116 Å². The highest BCUT2D eigenvalue weighted by molar-refractivity contribution is 6.22. The smallest absolute Gasteiger partial charge is 0.238 e. The molecule has 3 aliphatic carbocycles. The van der Waals surface area contributed by atoms with Gasteiger partial charge in [0.2, 0.25) is 11.8 Å². The van der Waals surface area contributed by atoms with Gasteiger partial charge < -0.3 is 0 Å². The fourth-order valence-electron chi connectivity index (χ4n) is 3.92. The third kappa shape index (κ3) is 1.45. The number of allylic oxidation sites excluding steroid dienone is 2. The van der Waals surface area contributed by atoms with Gasteiger partial charge in [-0.2, -0.15) is 0 Å². The van der Waals surface area contributed by atoms with Crippen LogP contribution in [0.25, 0.3) is 0 Å². The van der Waals surface area contributed by atoms with E-state index in [1.807, 2.05) is 0 Å². The lowest BCUT2D eigenvalue weighted by molar-refractivity contribution is -0.124. The lowest BCUT2D eigenvalue weighted by atomic mass is 9.63. The van der Waals surface area contributed by atoms with E-state index >= 15 is 0 Å². The van der Waals surface area contributed by atoms with Gasteiger partial charge >= 0.3 is 0 Å². The molecule has 0 radical (unpaired) electrons. The van der Waals surface area contributed by atoms with Crippen molar-refractivity contribution in [1.82, 2.24) is 0 Å². The van der Waals surface area contributed by atoms with E-state index in [1.54, 1.807) is 0 Å². The van der Waals surface area contributed by atoms with Crippen LogP contribution in [-0.2, 0) is 9.59 Å². The molecule has 1 saturated carbocycles. The summed E-state index contributed by atoms with van der Waals surface area (Å²) in [5.74, 6) is -0.658. The molecule has 2 amide bonds. The van der Waals surface area contributed by atoms with Crippen LogP contribution in [-0.4, -0.2) is 11.8 Å². The maximum Gasteiger partial charge on any atom is 0.238 e. The van der Waals surface area contributed by atoms with Crippen molar-refractivity contribution in [3.05, 3.63) is 42.2 Å². The first kappa shape index (κ1) is 11.8. The van der Waals surface area contributed by atoms with Crippen molar-refractivity contribution in [3.8, 4) is 0 Å². The van der Waals surface area contributed by atoms with E-state index in [2.05, 4.69) is 12.2 Å². The molecule has 1 aliphatic heterocycles. The van der Waals surface area contributed by atoms with Crippen LogP contribution in [0.15, 0.2) is 36.4 Å². The summed E-state index contributed by atoms with van der Waals surface area (Å²) in [6.45, 7) is 0. The van der Waals surface area contributed by atoms with Gasteiger partial charge in [0.25, 0.3) is 0 Å². The Balaban J connectivity index is 1.75. The van der Waals surface area contributed by atoms with E-state index < -0.39 is 0 Å². The number of benzene rings is 1. The SMILES string of the molecule is O=C1[C@@H]2[C@H](C(=O)N1c1ccc(F)cc1)[C@@H]1C=C[C@@H]2CC1. The second-order valence-electron chi connectivity index (χ2n) is 5.83. The fraction of sp³-hybridized carbons (Fsp3) is 0.375. The lowest BCUT2D eigenvalue weighted by Crippen LogP contribution is -2.38. The van der Waals surface area contributed by atoms with Gasteiger partial charge in [0.1, 0.15) is 5.82 Å². The summed E-state index contributed by atoms with van der Waals surface area (Å²) >= 11 is 0. The van der Waals surface area contributed by atoms with Gasteiger partial charge in [0, 0.05) is 0 Å². The number of rotatable bonds is 1. The summed E-state index contributed by atoms with van der Waals surface area (Å²) in [5, 5.41) is 0. The van der Waals surface area contributed by atoms with Crippen molar-refractivity contribution in [2.24, 2.45) is 23.7 Å². The summed E-state index contributed by atoms with van der Waals surface area (Å²) < 4.78 is 13.0. The molecule has 1 aromatic carbocycles. The number of hydrogen-bond donors (Lipinski definition) is 0. The van der Waals surface area contributed by atoms with Gasteiger partial charge in [0.05, 0.1) is 17.5 Å². The Kier molecular flexibility index (Phi) is 2.37. The number of anilines is 1. The van der Waals surface area contributed by atoms with E-state index in [0.29, 0.717) is 5.69 Å². The van der Waals surface area contributed by atoms with Gasteiger partial charge in [-0.15, -0.1) is 0 Å². The maximum atomic E-state index is 13.0. The van der Waals surface area contributed by atoms with Gasteiger partial charge in [-0.1, -0.05) is 12.2 Å². The molecule has 4 aliphatic rings. The van der Waals surface area contributed by atoms with Gasteiger partial charge in [-0.3, -0.25) is 14.5 Å². The molecule has 3 nitrogen and oxygen atoms in total. The molecule has 0 spiro atoms. The molecule has 0 N–H and O–H groups in total. The molecule has 1 heterocycles. The second-order valence-corrected chi connectivity index (χ2v) is 5.83. The van der Waals surface area contributed by atoms with Crippen LogP contribution in [0.2, 0.25) is 0 Å². The van der Waals surface area contributed by atoms with E-state index in [1.165, 1.54) is 29.2 Å². The summed E-state index contributed by atoms with van der Waals surface area (Å²) in [6.07, 6.45) is 6.15. The average molecular weight is 271 g/mol. The first-order valence-corrected chi connectivity index (χ1v) is 6.98. The lowest BCUT2D eigenvalue weighted by Gasteiger charge is -2.38. The number of carbonyl (C=O) groups is 2. The van der Waals surface area contributed by atoms with Crippen molar-refractivity contribution >= 4 is 17.5 Å². The quantitative estimate of drug-likeness (QED) is 0.581. The minimum absolute atomic E-state index is 0.120. The number of halogens is 1. The highest BCUT2D eigenvalue weighted by Crippen LogP contribution is 2.50. The molecule has 102 valence electrons. The summed E-state index contributed by atoms with van der Waals surface area (Å²) in [7, 11) is 0. The molecule has 1 saturated heterocycles. The Morgan fingerprint density at radius 3 is 1.85 bits per heavy atom. The highest BCUT2D eigenvalue weighted by Gasteiger charge is 2.56. The third-order valence-electron chi connectivity index (χ3n) is 4.84. The van der Waals surface area contributed by atoms with Crippen LogP contribution in [0.4, 0.5) is 10.1 Å². The zero-order chi connectivity index (χ0) is 13.9. The molecule has 5 rings (SSSR count). The predicted octanol–water partition coefficient (Wildman–Crippen LogP) is 2.53. The van der Waals surface area contributed by atoms with Gasteiger partial charge in [-0.05, 0) is 48.9 Å². The molecule has 1 aromatic rings. The molecule has 2 bridgehead atoms. The number of carbonyl (C=O) groups excluding carboxylic acids is 2. The Morgan fingerprint density at radius 2 is 1.40 bits per heavy atom. The Bertz CT molecular complexity index is 590. The predicted molar refractivity (Wildman–Crippen MR) is 71.2 cm³/mol. The zero-order valence-corrected chi connectivity index (χ0v) is 10.8. The fourth-order valence-corrected chi connectivity index (χ4v) is 3.92. The van der Waals surface area contributed by atoms with Crippen molar-refractivity contribution in [3.63, 3.8) is 0 Å². The van der Waals surface area contributed by atoms with Crippen LogP contribution >= 0.6 is 0 Å². The standard InChI is InChI=1S/C16H14FNO2/c17-11-5-7-12(8-6-11)18-15(19)13-9-1-2-10(4-3-9)14(13)16(18)20/h1-2,5-10,13-14H,3-4H2/t9-,10-,13-,14+/m1/s1. The number of nitrogens with zero attached hydrogens (tertiary/aromatic N) is 1. The number of hydrogen-bond acceptors (Lipinski definition) is 2. The van der Waals surface area contributed by atoms with Crippen molar-refractivity contribution in [2.75, 3.05) is 4.90 Å². The number of fused-ring (bicyclic) bond motifs is 1. The first-order chi connectivity index (χ1) is 9.66. The van der Waals surface area contributed by atoms with E-state index in [-0.39, 0.29) is 41.3 Å². The number of imide groups is 1. The molecule has 20 heavy (non-hydrogen) atoms. The van der Waals surface area contributed by atoms with E-state index in [9.17, 15) is 14.0 Å². The van der Waals surface area contributed by atoms with Crippen molar-refractivity contribution < 1.29 is 14.0 Å². The average Bonchev–Trinajstić information content (AvgIpc) is 2.76. The molecular formula is C16H14FNO2. The minimum atomic E-state index is -0.369. The van der Waals surface area contributed by atoms with Crippen molar-refractivity contribution in [2.45, 2.75) is 12.8 Å². The molecule has 0 unspecified atom stereocenters. The summed E-state index contributed by atoms with van der Waals surface area (Å²) in [6, 6.07) is 5.56. The Morgan fingerprint density at radius 1 is 0.900 bits per heavy atom. The summed E-state index contributed by atoms with van der Waals surface area (Å²) in [4.78, 5) is 26.5. The molecular weight excluding hydrogens is 257 g/mol. The molecule has 4 heteroatoms. The maximum absolute atomic E-state index is 13.0. The Hall–Kier alpha value is -1.97. The molecule has 0 aromatic heterocycles. The minimum Gasteiger partial charge on any atom is -0.274 e. The van der Waals surface area contributed by atoms with Crippen LogP contribution < -0.4 is 4.90 Å². The van der Waals surface area contributed by atoms with E-state index in [4.69, 9.17) is 0 Å². The normalized spacial score (nSPS) is 34.8. The van der Waals surface area contributed by atoms with Crippen LogP contribution in [0.1, 0.15) is 12.8 Å². The van der Waals surface area contributed by atoms with Crippen LogP contribution in [0.3, 0.4) is 0 Å². The second kappa shape index (κ2) is 4.01. The highest BCUT2D eigenvalue weighted by atomic mass is 19.1. The zero-order valence-electron chi connectivity index (χ0n) is 10.8. The van der Waals surface area contributed by atoms with Gasteiger partial charge in [0.15, 0.2) is 0 Å². The van der Waals surface area contributed by atoms with E-state index in [0.717, 1.165) is 12.8 Å². The monoisotopic (exact) mass is 271 g/mol.